The molecule has 2 aliphatic rings. The summed E-state index contributed by atoms with van der Waals surface area (Å²) in [6.07, 6.45) is -1.47. The number of amides is 1. The van der Waals surface area contributed by atoms with Gasteiger partial charge in [0.15, 0.2) is 12.3 Å². The second kappa shape index (κ2) is 12.6. The van der Waals surface area contributed by atoms with E-state index in [1.54, 1.807) is 12.1 Å². The lowest BCUT2D eigenvalue weighted by molar-refractivity contribution is -0.0629. The lowest BCUT2D eigenvalue weighted by atomic mass is 10.1. The van der Waals surface area contributed by atoms with Gasteiger partial charge in [0.25, 0.3) is 5.91 Å². The van der Waals surface area contributed by atoms with Crippen LogP contribution in [-0.4, -0.2) is 67.9 Å². The Hall–Kier alpha value is -2.21. The molecule has 1 aromatic heterocycles. The maximum absolute atomic E-state index is 11.8. The third-order valence-corrected chi connectivity index (χ3v) is 18.2. The molecule has 0 bridgehead atoms. The molecule has 1 aromatic carbocycles. The predicted molar refractivity (Wildman–Crippen MR) is 161 cm³/mol. The number of thiocarbonyl (C=S) groups is 1. The second-order valence-electron chi connectivity index (χ2n) is 11.8. The lowest BCUT2D eigenvalue weighted by Crippen LogP contribution is -2.66. The number of aromatic nitrogens is 3. The van der Waals surface area contributed by atoms with Crippen molar-refractivity contribution < 1.29 is 32.0 Å². The molecule has 1 unspecified atom stereocenters. The molecule has 226 valence electrons. The van der Waals surface area contributed by atoms with Crippen LogP contribution in [0.25, 0.3) is 0 Å². The van der Waals surface area contributed by atoms with Crippen molar-refractivity contribution in [3.8, 4) is 5.75 Å². The van der Waals surface area contributed by atoms with Gasteiger partial charge in [-0.2, -0.15) is 0 Å². The molecule has 0 aliphatic carbocycles. The average molecular weight is 623 g/mol. The highest BCUT2D eigenvalue weighted by atomic mass is 32.1. The van der Waals surface area contributed by atoms with Gasteiger partial charge in [-0.3, -0.25) is 4.79 Å². The number of primary amides is 1. The van der Waals surface area contributed by atoms with E-state index in [2.05, 4.69) is 65.5 Å². The first-order valence-corrected chi connectivity index (χ1v) is 18.5. The summed E-state index contributed by atoms with van der Waals surface area (Å²) in [5, 5.41) is 4.16. The minimum absolute atomic E-state index is 0.0919. The predicted octanol–water partition coefficient (Wildman–Crippen LogP) is 4.98. The number of nitrogens with zero attached hydrogens (tertiary/aromatic N) is 3. The molecule has 2 N–H and O–H groups in total. The Balaban J connectivity index is 1.77. The van der Waals surface area contributed by atoms with Crippen LogP contribution in [0.4, 0.5) is 0 Å². The van der Waals surface area contributed by atoms with Crippen molar-refractivity contribution >= 4 is 40.5 Å². The number of fused-ring (bicyclic) bond motifs is 1. The molecular formula is C27H42N4O7SSi2. The van der Waals surface area contributed by atoms with E-state index in [0.717, 1.165) is 0 Å². The molecule has 4 atom stereocenters. The summed E-state index contributed by atoms with van der Waals surface area (Å²) in [5.74, 6) is -0.361. The Labute approximate surface area is 249 Å². The van der Waals surface area contributed by atoms with Crippen molar-refractivity contribution in [2.75, 3.05) is 6.61 Å². The average Bonchev–Trinajstić information content (AvgIpc) is 3.49. The molecule has 0 radical (unpaired) electrons. The van der Waals surface area contributed by atoms with E-state index in [4.69, 9.17) is 45.1 Å². The topological polar surface area (TPSA) is 129 Å². The van der Waals surface area contributed by atoms with Crippen LogP contribution in [0.15, 0.2) is 36.7 Å². The van der Waals surface area contributed by atoms with Gasteiger partial charge in [-0.1, -0.05) is 73.6 Å². The maximum Gasteiger partial charge on any atom is 0.358 e. The summed E-state index contributed by atoms with van der Waals surface area (Å²) in [5.41, 5.74) is 5.97. The van der Waals surface area contributed by atoms with Crippen molar-refractivity contribution in [2.45, 2.75) is 102 Å². The molecule has 0 saturated carbocycles. The zero-order chi connectivity index (χ0) is 30.1. The monoisotopic (exact) mass is 622 g/mol. The third kappa shape index (κ3) is 6.28. The van der Waals surface area contributed by atoms with Gasteiger partial charge in [0.05, 0.1) is 6.61 Å². The smallest absolute Gasteiger partial charge is 0.358 e. The molecule has 1 amide bonds. The first kappa shape index (κ1) is 31.7. The van der Waals surface area contributed by atoms with Crippen molar-refractivity contribution in [3.63, 3.8) is 0 Å². The fourth-order valence-corrected chi connectivity index (χ4v) is 17.1. The van der Waals surface area contributed by atoms with Crippen LogP contribution < -0.4 is 10.5 Å². The zero-order valence-corrected chi connectivity index (χ0v) is 27.8. The number of hydrogen-bond donors (Lipinski definition) is 1. The molecule has 11 nitrogen and oxygen atoms in total. The van der Waals surface area contributed by atoms with Gasteiger partial charge in [0, 0.05) is 12.2 Å². The number of rotatable bonds is 8. The van der Waals surface area contributed by atoms with Gasteiger partial charge >= 0.3 is 22.4 Å². The highest BCUT2D eigenvalue weighted by Crippen LogP contribution is 2.48. The minimum Gasteiger partial charge on any atom is -0.446 e. The van der Waals surface area contributed by atoms with Crippen LogP contribution >= 0.6 is 12.2 Å². The Bertz CT molecular complexity index is 1200. The van der Waals surface area contributed by atoms with E-state index < -0.39 is 47.6 Å². The molecule has 4 rings (SSSR count). The van der Waals surface area contributed by atoms with Gasteiger partial charge in [0.1, 0.15) is 24.3 Å². The second-order valence-corrected chi connectivity index (χ2v) is 21.0. The van der Waals surface area contributed by atoms with Gasteiger partial charge in [-0.05, 0) is 34.3 Å². The first-order chi connectivity index (χ1) is 19.3. The summed E-state index contributed by atoms with van der Waals surface area (Å²) in [6.45, 7) is 17.5. The Morgan fingerprint density at radius 2 is 1.63 bits per heavy atom. The molecule has 2 aliphatic heterocycles. The van der Waals surface area contributed by atoms with Crippen LogP contribution in [0.3, 0.4) is 0 Å². The number of carbonyl (C=O) groups excluding carboxylic acids is 1. The van der Waals surface area contributed by atoms with Gasteiger partial charge < -0.3 is 32.9 Å². The quantitative estimate of drug-likeness (QED) is 0.318. The largest absolute Gasteiger partial charge is 0.446 e. The normalized spacial score (nSPS) is 25.7. The number of hydrogen-bond acceptors (Lipinski definition) is 10. The van der Waals surface area contributed by atoms with E-state index in [1.807, 2.05) is 18.2 Å². The van der Waals surface area contributed by atoms with Crippen LogP contribution in [0.2, 0.25) is 22.2 Å². The van der Waals surface area contributed by atoms with Gasteiger partial charge in [0.2, 0.25) is 5.82 Å². The Morgan fingerprint density at radius 1 is 1.02 bits per heavy atom. The summed E-state index contributed by atoms with van der Waals surface area (Å²) in [7, 11) is -5.79. The van der Waals surface area contributed by atoms with Crippen molar-refractivity contribution in [2.24, 2.45) is 5.73 Å². The molecule has 2 fully saturated rings. The summed E-state index contributed by atoms with van der Waals surface area (Å²) in [4.78, 5) is 15.8. The van der Waals surface area contributed by atoms with Crippen molar-refractivity contribution in [3.05, 3.63) is 42.5 Å². The van der Waals surface area contributed by atoms with E-state index in [1.165, 1.54) is 11.0 Å². The molecule has 2 saturated heterocycles. The number of benzene rings is 1. The fraction of sp³-hybridized carbons (Fsp3) is 0.630. The number of nitrogens with two attached hydrogens (primary N) is 1. The standard InChI is InChI=1S/C27H42N4O7SSi2/c1-16(2)40(17(3)4)33-14-21-22(37-41(38-40,18(5)6)19(7)8)23(36-27(39)34-20-12-10-9-11-13-20)26(35-21)31-15-29-25(30-31)24(28)32/h9-13,15-19,21-23,26H,14H2,1-8H3,(H2,28,32)/t21-,22?,23+,26-/m1/s1. The third-order valence-electron chi connectivity index (χ3n) is 7.78. The zero-order valence-electron chi connectivity index (χ0n) is 25.0. The van der Waals surface area contributed by atoms with Crippen LogP contribution in [0.1, 0.15) is 72.2 Å². The van der Waals surface area contributed by atoms with Crippen LogP contribution in [0.5, 0.6) is 5.75 Å². The summed E-state index contributed by atoms with van der Waals surface area (Å²) in [6, 6.07) is 9.12. The van der Waals surface area contributed by atoms with E-state index >= 15 is 0 Å². The number of carbonyl (C=O) groups is 1. The molecular weight excluding hydrogens is 581 g/mol. The number of ether oxygens (including phenoxy) is 3. The molecule has 0 spiro atoms. The summed E-state index contributed by atoms with van der Waals surface area (Å²) >= 11 is 5.52. The summed E-state index contributed by atoms with van der Waals surface area (Å²) < 4.78 is 41.4. The highest BCUT2D eigenvalue weighted by molar-refractivity contribution is 7.79. The fourth-order valence-electron chi connectivity index (χ4n) is 5.69. The SMILES string of the molecule is CC(C)[Si]1(C(C)C)OC[C@H]2O[C@@H](n3cnc(C(N)=O)n3)[C@@H](OC(=S)Oc3ccccc3)C2O[Si](C(C)C)(C(C)C)O1. The maximum atomic E-state index is 11.8. The molecule has 3 heterocycles. The van der Waals surface area contributed by atoms with E-state index in [0.29, 0.717) is 5.75 Å². The Morgan fingerprint density at radius 3 is 2.17 bits per heavy atom. The van der Waals surface area contributed by atoms with E-state index in [9.17, 15) is 4.79 Å². The van der Waals surface area contributed by atoms with Gasteiger partial charge in [-0.25, -0.2) is 9.67 Å². The van der Waals surface area contributed by atoms with E-state index in [-0.39, 0.29) is 39.8 Å². The molecule has 41 heavy (non-hydrogen) atoms. The number of para-hydroxylation sites is 1. The van der Waals surface area contributed by atoms with Crippen molar-refractivity contribution in [1.29, 1.82) is 0 Å². The first-order valence-electron chi connectivity index (χ1n) is 14.1. The molecule has 2 aromatic rings. The van der Waals surface area contributed by atoms with Crippen LogP contribution in [0, 0.1) is 0 Å². The molecule has 14 heteroatoms. The Kier molecular flexibility index (Phi) is 9.73. The minimum atomic E-state index is -3.00. The van der Waals surface area contributed by atoms with Crippen LogP contribution in [-0.2, 0) is 22.4 Å². The van der Waals surface area contributed by atoms with Crippen molar-refractivity contribution in [1.82, 2.24) is 14.8 Å². The van der Waals surface area contributed by atoms with Gasteiger partial charge in [-0.15, -0.1) is 5.10 Å². The highest BCUT2D eigenvalue weighted by Gasteiger charge is 2.62. The lowest BCUT2D eigenvalue weighted by Gasteiger charge is -2.51.